The van der Waals surface area contributed by atoms with Gasteiger partial charge in [0, 0.05) is 5.56 Å². The molecule has 1 aromatic rings. The maximum Gasteiger partial charge on any atom is 0.416 e. The molecule has 0 spiro atoms. The second-order valence-corrected chi connectivity index (χ2v) is 4.82. The zero-order valence-corrected chi connectivity index (χ0v) is 9.08. The first-order chi connectivity index (χ1) is 6.62. The predicted molar refractivity (Wildman–Crippen MR) is 52.2 cm³/mol. The van der Waals surface area contributed by atoms with Crippen LogP contribution in [0.15, 0.2) is 18.2 Å². The topological polar surface area (TPSA) is 20.2 Å². The van der Waals surface area contributed by atoms with Gasteiger partial charge in [0.1, 0.15) is 10.1 Å². The van der Waals surface area contributed by atoms with Crippen LogP contribution in [-0.4, -0.2) is 5.11 Å². The summed E-state index contributed by atoms with van der Waals surface area (Å²) in [6.45, 7) is 1.28. The molecule has 0 atom stereocenters. The molecule has 1 rings (SSSR count). The lowest BCUT2D eigenvalue weighted by Gasteiger charge is -2.17. The number of aromatic hydroxyl groups is 1. The molecule has 6 heteroatoms. The maximum atomic E-state index is 12.3. The average molecular weight is 259 g/mol. The standard InChI is InChI=1S/C9H7Cl2F3O/c1-8(10,11)6-4-5(9(12,13)14)2-3-7(6)15/h2-4,15H,1H3. The van der Waals surface area contributed by atoms with Crippen LogP contribution in [0.25, 0.3) is 0 Å². The lowest BCUT2D eigenvalue weighted by atomic mass is 10.1. The van der Waals surface area contributed by atoms with E-state index in [9.17, 15) is 18.3 Å². The molecule has 1 N–H and O–H groups in total. The van der Waals surface area contributed by atoms with Crippen LogP contribution in [0, 0.1) is 0 Å². The summed E-state index contributed by atoms with van der Waals surface area (Å²) in [5.41, 5.74) is -1.07. The average Bonchev–Trinajstić information content (AvgIpc) is 2.00. The molecular formula is C9H7Cl2F3O. The molecule has 0 aliphatic carbocycles. The van der Waals surface area contributed by atoms with E-state index in [2.05, 4.69) is 0 Å². The highest BCUT2D eigenvalue weighted by Gasteiger charge is 2.33. The van der Waals surface area contributed by atoms with Crippen molar-refractivity contribution in [3.63, 3.8) is 0 Å². The molecule has 0 aliphatic rings. The van der Waals surface area contributed by atoms with Crippen molar-refractivity contribution < 1.29 is 18.3 Å². The molecule has 84 valence electrons. The highest BCUT2D eigenvalue weighted by Crippen LogP contribution is 2.41. The Morgan fingerprint density at radius 1 is 1.20 bits per heavy atom. The van der Waals surface area contributed by atoms with Crippen molar-refractivity contribution in [1.82, 2.24) is 0 Å². The fourth-order valence-electron chi connectivity index (χ4n) is 1.06. The minimum atomic E-state index is -4.48. The zero-order valence-electron chi connectivity index (χ0n) is 7.57. The molecule has 0 heterocycles. The number of alkyl halides is 5. The molecule has 0 amide bonds. The molecule has 0 aromatic heterocycles. The van der Waals surface area contributed by atoms with Gasteiger partial charge in [0.25, 0.3) is 0 Å². The quantitative estimate of drug-likeness (QED) is 0.754. The van der Waals surface area contributed by atoms with Crippen LogP contribution in [0.4, 0.5) is 13.2 Å². The van der Waals surface area contributed by atoms with E-state index in [4.69, 9.17) is 23.2 Å². The Bertz CT molecular complexity index is 369. The van der Waals surface area contributed by atoms with E-state index in [1.807, 2.05) is 0 Å². The second kappa shape index (κ2) is 3.76. The van der Waals surface area contributed by atoms with E-state index in [0.29, 0.717) is 0 Å². The smallest absolute Gasteiger partial charge is 0.416 e. The van der Waals surface area contributed by atoms with Gasteiger partial charge in [0.15, 0.2) is 0 Å². The van der Waals surface area contributed by atoms with E-state index >= 15 is 0 Å². The molecular weight excluding hydrogens is 252 g/mol. The predicted octanol–water partition coefficient (Wildman–Crippen LogP) is 4.06. The van der Waals surface area contributed by atoms with Gasteiger partial charge < -0.3 is 5.11 Å². The van der Waals surface area contributed by atoms with Crippen LogP contribution in [0.1, 0.15) is 18.1 Å². The number of rotatable bonds is 1. The summed E-state index contributed by atoms with van der Waals surface area (Å²) in [5.74, 6) is -0.365. The van der Waals surface area contributed by atoms with E-state index in [1.165, 1.54) is 6.92 Å². The SMILES string of the molecule is CC(Cl)(Cl)c1cc(C(F)(F)F)ccc1O. The van der Waals surface area contributed by atoms with Crippen molar-refractivity contribution in [3.8, 4) is 5.75 Å². The summed E-state index contributed by atoms with van der Waals surface area (Å²) in [7, 11) is 0. The van der Waals surface area contributed by atoms with Crippen LogP contribution >= 0.6 is 23.2 Å². The van der Waals surface area contributed by atoms with Crippen LogP contribution in [0.5, 0.6) is 5.75 Å². The molecule has 0 bridgehead atoms. The lowest BCUT2D eigenvalue weighted by Crippen LogP contribution is -2.09. The lowest BCUT2D eigenvalue weighted by molar-refractivity contribution is -0.137. The molecule has 0 unspecified atom stereocenters. The van der Waals surface area contributed by atoms with Crippen LogP contribution < -0.4 is 0 Å². The van der Waals surface area contributed by atoms with Crippen molar-refractivity contribution in [2.45, 2.75) is 17.4 Å². The van der Waals surface area contributed by atoms with Crippen molar-refractivity contribution in [2.24, 2.45) is 0 Å². The third kappa shape index (κ3) is 2.92. The minimum absolute atomic E-state index is 0.166. The van der Waals surface area contributed by atoms with E-state index in [-0.39, 0.29) is 11.3 Å². The summed E-state index contributed by atoms with van der Waals surface area (Å²) in [6.07, 6.45) is -4.48. The molecule has 15 heavy (non-hydrogen) atoms. The molecule has 0 radical (unpaired) electrons. The largest absolute Gasteiger partial charge is 0.508 e. The van der Waals surface area contributed by atoms with Crippen molar-refractivity contribution in [1.29, 1.82) is 0 Å². The number of phenols is 1. The van der Waals surface area contributed by atoms with Gasteiger partial charge in [0.05, 0.1) is 5.56 Å². The Morgan fingerprint density at radius 3 is 2.13 bits per heavy atom. The first kappa shape index (κ1) is 12.5. The van der Waals surface area contributed by atoms with Gasteiger partial charge >= 0.3 is 6.18 Å². The van der Waals surface area contributed by atoms with Crippen molar-refractivity contribution in [2.75, 3.05) is 0 Å². The molecule has 1 nitrogen and oxygen atoms in total. The number of hydrogen-bond donors (Lipinski definition) is 1. The van der Waals surface area contributed by atoms with Crippen LogP contribution in [0.2, 0.25) is 0 Å². The minimum Gasteiger partial charge on any atom is -0.508 e. The third-order valence-corrected chi connectivity index (χ3v) is 2.20. The Hall–Kier alpha value is -0.610. The summed E-state index contributed by atoms with van der Waals surface area (Å²) in [4.78, 5) is 0. The fraction of sp³-hybridized carbons (Fsp3) is 0.333. The number of halogens is 5. The van der Waals surface area contributed by atoms with Crippen molar-refractivity contribution >= 4 is 23.2 Å². The van der Waals surface area contributed by atoms with Gasteiger partial charge in [-0.1, -0.05) is 23.2 Å². The second-order valence-electron chi connectivity index (χ2n) is 3.12. The van der Waals surface area contributed by atoms with Gasteiger partial charge in [0.2, 0.25) is 0 Å². The molecule has 0 saturated heterocycles. The number of hydrogen-bond acceptors (Lipinski definition) is 1. The summed E-state index contributed by atoms with van der Waals surface area (Å²) in [6, 6.07) is 2.41. The Kier molecular flexibility index (Phi) is 3.12. The van der Waals surface area contributed by atoms with Gasteiger partial charge in [-0.25, -0.2) is 0 Å². The van der Waals surface area contributed by atoms with Crippen LogP contribution in [-0.2, 0) is 10.5 Å². The monoisotopic (exact) mass is 258 g/mol. The third-order valence-electron chi connectivity index (χ3n) is 1.80. The van der Waals surface area contributed by atoms with Gasteiger partial charge in [-0.2, -0.15) is 13.2 Å². The highest BCUT2D eigenvalue weighted by atomic mass is 35.5. The Morgan fingerprint density at radius 2 is 1.73 bits per heavy atom. The van der Waals surface area contributed by atoms with Gasteiger partial charge in [-0.3, -0.25) is 0 Å². The highest BCUT2D eigenvalue weighted by molar-refractivity contribution is 6.47. The molecule has 1 aromatic carbocycles. The Balaban J connectivity index is 3.30. The Labute approximate surface area is 94.4 Å². The molecule has 0 fully saturated rings. The van der Waals surface area contributed by atoms with E-state index in [1.54, 1.807) is 0 Å². The maximum absolute atomic E-state index is 12.3. The summed E-state index contributed by atoms with van der Waals surface area (Å²) >= 11 is 11.2. The first-order valence-electron chi connectivity index (χ1n) is 3.91. The van der Waals surface area contributed by atoms with Crippen molar-refractivity contribution in [3.05, 3.63) is 29.3 Å². The normalized spacial score (nSPS) is 12.9. The molecule has 0 aliphatic heterocycles. The van der Waals surface area contributed by atoms with E-state index < -0.39 is 16.1 Å². The van der Waals surface area contributed by atoms with Crippen LogP contribution in [0.3, 0.4) is 0 Å². The van der Waals surface area contributed by atoms with E-state index in [0.717, 1.165) is 18.2 Å². The summed E-state index contributed by atoms with van der Waals surface area (Å²) < 4.78 is 35.4. The number of benzene rings is 1. The van der Waals surface area contributed by atoms with Gasteiger partial charge in [-0.05, 0) is 25.1 Å². The zero-order chi connectivity index (χ0) is 11.9. The first-order valence-corrected chi connectivity index (χ1v) is 4.66. The molecule has 0 saturated carbocycles. The fourth-order valence-corrected chi connectivity index (χ4v) is 1.37. The van der Waals surface area contributed by atoms with Gasteiger partial charge in [-0.15, -0.1) is 0 Å². The number of phenolic OH excluding ortho intramolecular Hbond substituents is 1. The summed E-state index contributed by atoms with van der Waals surface area (Å²) in [5, 5.41) is 9.30.